The molecule has 2 saturated heterocycles. The molecular weight excluding hydrogens is 472 g/mol. The van der Waals surface area contributed by atoms with Gasteiger partial charge in [0.05, 0.1) is 27.8 Å². The van der Waals surface area contributed by atoms with Gasteiger partial charge < -0.3 is 9.80 Å². The number of nitrogens with zero attached hydrogens (tertiary/aromatic N) is 4. The fourth-order valence-corrected chi connectivity index (χ4v) is 6.49. The Labute approximate surface area is 204 Å². The van der Waals surface area contributed by atoms with Crippen LogP contribution in [-0.2, 0) is 14.8 Å². The molecular formula is C24H26N4O4S2. The number of piperazine rings is 1. The molecule has 2 amide bonds. The van der Waals surface area contributed by atoms with Crippen LogP contribution in [0.25, 0.3) is 0 Å². The first-order valence-corrected chi connectivity index (χ1v) is 13.6. The fraction of sp³-hybridized carbons (Fsp3) is 0.375. The minimum atomic E-state index is -3.70. The largest absolute Gasteiger partial charge is 0.342 e. The van der Waals surface area contributed by atoms with E-state index in [1.807, 2.05) is 23.1 Å². The number of thioether (sulfide) groups is 1. The van der Waals surface area contributed by atoms with E-state index in [1.165, 1.54) is 40.3 Å². The Kier molecular flexibility index (Phi) is 7.56. The summed E-state index contributed by atoms with van der Waals surface area (Å²) < 4.78 is 27.3. The van der Waals surface area contributed by atoms with Crippen molar-refractivity contribution in [2.24, 2.45) is 0 Å². The van der Waals surface area contributed by atoms with Gasteiger partial charge in [-0.1, -0.05) is 12.1 Å². The Hall–Kier alpha value is -2.87. The van der Waals surface area contributed by atoms with Gasteiger partial charge in [0.15, 0.2) is 0 Å². The molecule has 2 aliphatic rings. The monoisotopic (exact) mass is 498 g/mol. The summed E-state index contributed by atoms with van der Waals surface area (Å²) in [5, 5.41) is 8.92. The van der Waals surface area contributed by atoms with E-state index < -0.39 is 10.0 Å². The average Bonchev–Trinajstić information content (AvgIpc) is 3.42. The van der Waals surface area contributed by atoms with Crippen molar-refractivity contribution >= 4 is 33.6 Å². The maximum Gasteiger partial charge on any atom is 0.255 e. The van der Waals surface area contributed by atoms with Crippen molar-refractivity contribution < 1.29 is 18.0 Å². The van der Waals surface area contributed by atoms with E-state index in [-0.39, 0.29) is 42.9 Å². The molecule has 0 saturated carbocycles. The lowest BCUT2D eigenvalue weighted by molar-refractivity contribution is -0.127. The zero-order valence-corrected chi connectivity index (χ0v) is 20.4. The third kappa shape index (κ3) is 5.27. The van der Waals surface area contributed by atoms with E-state index in [1.54, 1.807) is 17.0 Å². The van der Waals surface area contributed by atoms with Crippen molar-refractivity contribution in [2.75, 3.05) is 45.0 Å². The average molecular weight is 499 g/mol. The molecule has 0 atom stereocenters. The SMILES string of the molecule is N#Cc1ccc(S(=O)(=O)N2CCN(C(=O)c3ccccc3SCC(=O)N3CCCC3)CC2)cc1. The summed E-state index contributed by atoms with van der Waals surface area (Å²) in [6.07, 6.45) is 2.08. The van der Waals surface area contributed by atoms with Crippen molar-refractivity contribution in [1.82, 2.24) is 14.1 Å². The van der Waals surface area contributed by atoms with Crippen LogP contribution in [-0.4, -0.2) is 79.4 Å². The van der Waals surface area contributed by atoms with E-state index in [0.29, 0.717) is 16.9 Å². The first kappa shape index (κ1) is 24.3. The summed E-state index contributed by atoms with van der Waals surface area (Å²) in [7, 11) is -3.70. The molecule has 2 aliphatic heterocycles. The van der Waals surface area contributed by atoms with Gasteiger partial charge in [0.25, 0.3) is 5.91 Å². The molecule has 2 aromatic carbocycles. The zero-order valence-electron chi connectivity index (χ0n) is 18.7. The van der Waals surface area contributed by atoms with Gasteiger partial charge in [-0.25, -0.2) is 8.42 Å². The standard InChI is InChI=1S/C24H26N4O4S2/c25-17-19-7-9-20(10-8-19)34(31,32)28-15-13-27(14-16-28)24(30)21-5-1-2-6-22(21)33-18-23(29)26-11-3-4-12-26/h1-2,5-10H,3-4,11-16,18H2. The van der Waals surface area contributed by atoms with Crippen LogP contribution in [0.4, 0.5) is 0 Å². The third-order valence-corrected chi connectivity index (χ3v) is 9.05. The second-order valence-electron chi connectivity index (χ2n) is 8.21. The highest BCUT2D eigenvalue weighted by Gasteiger charge is 2.31. The zero-order chi connectivity index (χ0) is 24.1. The topological polar surface area (TPSA) is 102 Å². The van der Waals surface area contributed by atoms with Crippen molar-refractivity contribution in [2.45, 2.75) is 22.6 Å². The smallest absolute Gasteiger partial charge is 0.255 e. The first-order chi connectivity index (χ1) is 16.4. The lowest BCUT2D eigenvalue weighted by atomic mass is 10.2. The second-order valence-corrected chi connectivity index (χ2v) is 11.2. The molecule has 2 heterocycles. The number of benzene rings is 2. The number of likely N-dealkylation sites (tertiary alicyclic amines) is 1. The van der Waals surface area contributed by atoms with Crippen LogP contribution in [0, 0.1) is 11.3 Å². The van der Waals surface area contributed by atoms with E-state index in [9.17, 15) is 18.0 Å². The Morgan fingerprint density at radius 2 is 1.53 bits per heavy atom. The number of sulfonamides is 1. The maximum atomic E-state index is 13.2. The number of nitriles is 1. The highest BCUT2D eigenvalue weighted by Crippen LogP contribution is 2.26. The molecule has 4 rings (SSSR count). The molecule has 2 aromatic rings. The molecule has 0 aromatic heterocycles. The van der Waals surface area contributed by atoms with Crippen molar-refractivity contribution in [3.63, 3.8) is 0 Å². The minimum Gasteiger partial charge on any atom is -0.342 e. The van der Waals surface area contributed by atoms with Gasteiger partial charge in [0.2, 0.25) is 15.9 Å². The van der Waals surface area contributed by atoms with Gasteiger partial charge in [-0.15, -0.1) is 11.8 Å². The second kappa shape index (κ2) is 10.6. The highest BCUT2D eigenvalue weighted by atomic mass is 32.2. The Morgan fingerprint density at radius 1 is 0.882 bits per heavy atom. The van der Waals surface area contributed by atoms with E-state index >= 15 is 0 Å². The van der Waals surface area contributed by atoms with E-state index in [2.05, 4.69) is 0 Å². The third-order valence-electron chi connectivity index (χ3n) is 6.07. The molecule has 0 spiro atoms. The summed E-state index contributed by atoms with van der Waals surface area (Å²) in [5.74, 6) is 0.222. The fourth-order valence-electron chi connectivity index (χ4n) is 4.12. The normalized spacial score (nSPS) is 16.9. The van der Waals surface area contributed by atoms with Crippen LogP contribution >= 0.6 is 11.8 Å². The summed E-state index contributed by atoms with van der Waals surface area (Å²) in [6.45, 7) is 2.54. The van der Waals surface area contributed by atoms with Crippen LogP contribution in [0.1, 0.15) is 28.8 Å². The maximum absolute atomic E-state index is 13.2. The van der Waals surface area contributed by atoms with E-state index in [0.717, 1.165) is 30.8 Å². The quantitative estimate of drug-likeness (QED) is 0.567. The van der Waals surface area contributed by atoms with Gasteiger partial charge in [0.1, 0.15) is 0 Å². The predicted octanol–water partition coefficient (Wildman–Crippen LogP) is 2.42. The van der Waals surface area contributed by atoms with Gasteiger partial charge in [-0.2, -0.15) is 9.57 Å². The Bertz CT molecular complexity index is 1190. The summed E-state index contributed by atoms with van der Waals surface area (Å²) in [5.41, 5.74) is 0.929. The molecule has 0 radical (unpaired) electrons. The predicted molar refractivity (Wildman–Crippen MR) is 129 cm³/mol. The molecule has 0 N–H and O–H groups in total. The molecule has 0 unspecified atom stereocenters. The number of carbonyl (C=O) groups excluding carboxylic acids is 2. The summed E-state index contributed by atoms with van der Waals surface area (Å²) >= 11 is 1.37. The van der Waals surface area contributed by atoms with Crippen LogP contribution in [0.5, 0.6) is 0 Å². The summed E-state index contributed by atoms with van der Waals surface area (Å²) in [4.78, 5) is 30.1. The van der Waals surface area contributed by atoms with Crippen molar-refractivity contribution in [1.29, 1.82) is 5.26 Å². The van der Waals surface area contributed by atoms with Gasteiger partial charge >= 0.3 is 0 Å². The van der Waals surface area contributed by atoms with Crippen molar-refractivity contribution in [3.8, 4) is 6.07 Å². The van der Waals surface area contributed by atoms with Crippen LogP contribution in [0.15, 0.2) is 58.3 Å². The molecule has 8 nitrogen and oxygen atoms in total. The minimum absolute atomic E-state index is 0.0892. The van der Waals surface area contributed by atoms with Gasteiger partial charge in [-0.3, -0.25) is 9.59 Å². The number of rotatable bonds is 6. The lowest BCUT2D eigenvalue weighted by Crippen LogP contribution is -2.50. The van der Waals surface area contributed by atoms with Crippen LogP contribution in [0.2, 0.25) is 0 Å². The summed E-state index contributed by atoms with van der Waals surface area (Å²) in [6, 6.07) is 15.1. The van der Waals surface area contributed by atoms with Gasteiger partial charge in [0, 0.05) is 44.2 Å². The number of amides is 2. The number of carbonyl (C=O) groups is 2. The number of hydrogen-bond acceptors (Lipinski definition) is 6. The Balaban J connectivity index is 1.38. The molecule has 178 valence electrons. The molecule has 0 aliphatic carbocycles. The first-order valence-electron chi connectivity index (χ1n) is 11.2. The number of hydrogen-bond donors (Lipinski definition) is 0. The lowest BCUT2D eigenvalue weighted by Gasteiger charge is -2.34. The van der Waals surface area contributed by atoms with Crippen LogP contribution in [0.3, 0.4) is 0 Å². The van der Waals surface area contributed by atoms with E-state index in [4.69, 9.17) is 5.26 Å². The molecule has 10 heteroatoms. The molecule has 2 fully saturated rings. The van der Waals surface area contributed by atoms with Crippen LogP contribution < -0.4 is 0 Å². The Morgan fingerprint density at radius 3 is 2.18 bits per heavy atom. The molecule has 0 bridgehead atoms. The highest BCUT2D eigenvalue weighted by molar-refractivity contribution is 8.00. The van der Waals surface area contributed by atoms with Crippen molar-refractivity contribution in [3.05, 3.63) is 59.7 Å². The molecule has 34 heavy (non-hydrogen) atoms. The van der Waals surface area contributed by atoms with Gasteiger partial charge in [-0.05, 0) is 49.2 Å².